The van der Waals surface area contributed by atoms with Gasteiger partial charge in [0.15, 0.2) is 0 Å². The number of rotatable bonds is 9. The summed E-state index contributed by atoms with van der Waals surface area (Å²) in [5.74, 6) is -2.09. The normalized spacial score (nSPS) is 18.0. The zero-order chi connectivity index (χ0) is 32.5. The topological polar surface area (TPSA) is 127 Å². The maximum atomic E-state index is 14.0. The molecule has 1 saturated carbocycles. The number of hydrogen-bond donors (Lipinski definition) is 3. The van der Waals surface area contributed by atoms with Crippen molar-refractivity contribution in [3.63, 3.8) is 0 Å². The average Bonchev–Trinajstić information content (AvgIpc) is 2.96. The lowest BCUT2D eigenvalue weighted by Gasteiger charge is -2.35. The highest BCUT2D eigenvalue weighted by Crippen LogP contribution is 2.38. The van der Waals surface area contributed by atoms with E-state index >= 15 is 0 Å². The van der Waals surface area contributed by atoms with Crippen molar-refractivity contribution in [2.45, 2.75) is 83.1 Å². The van der Waals surface area contributed by atoms with Gasteiger partial charge in [-0.3, -0.25) is 14.9 Å². The molecule has 0 bridgehead atoms. The number of ether oxygens (including phenoxy) is 2. The quantitative estimate of drug-likeness (QED) is 0.0996. The van der Waals surface area contributed by atoms with E-state index in [0.717, 1.165) is 5.56 Å². The van der Waals surface area contributed by atoms with Gasteiger partial charge in [-0.15, -0.1) is 0 Å². The van der Waals surface area contributed by atoms with Gasteiger partial charge in [0.2, 0.25) is 5.96 Å². The molecule has 0 saturated heterocycles. The Labute approximate surface area is 260 Å². The van der Waals surface area contributed by atoms with Crippen LogP contribution in [0.3, 0.4) is 0 Å². The summed E-state index contributed by atoms with van der Waals surface area (Å²) >= 11 is 6.79. The number of nitrogens with zero attached hydrogens (tertiary/aromatic N) is 1. The molecule has 0 aromatic heterocycles. The van der Waals surface area contributed by atoms with Gasteiger partial charge >= 0.3 is 12.1 Å². The molecule has 0 radical (unpaired) electrons. The molecule has 44 heavy (non-hydrogen) atoms. The Balaban J connectivity index is 1.96. The Morgan fingerprint density at radius 2 is 1.82 bits per heavy atom. The fourth-order valence-corrected chi connectivity index (χ4v) is 4.83. The van der Waals surface area contributed by atoms with Crippen molar-refractivity contribution in [2.75, 3.05) is 12.4 Å². The van der Waals surface area contributed by atoms with Gasteiger partial charge in [0.25, 0.3) is 5.92 Å². The van der Waals surface area contributed by atoms with Crippen LogP contribution in [0.1, 0.15) is 64.5 Å². The Kier molecular flexibility index (Phi) is 11.5. The van der Waals surface area contributed by atoms with Crippen LogP contribution in [-0.4, -0.2) is 48.6 Å². The molecule has 3 rings (SSSR count). The summed E-state index contributed by atoms with van der Waals surface area (Å²) in [6.07, 6.45) is -2.38. The number of hydrogen-bond acceptors (Lipinski definition) is 7. The van der Waals surface area contributed by atoms with Crippen LogP contribution in [0, 0.1) is 0 Å². The van der Waals surface area contributed by atoms with Gasteiger partial charge < -0.3 is 14.8 Å². The van der Waals surface area contributed by atoms with E-state index in [1.54, 1.807) is 51.8 Å². The van der Waals surface area contributed by atoms with Crippen molar-refractivity contribution in [3.8, 4) is 0 Å². The molecule has 1 aliphatic carbocycles. The van der Waals surface area contributed by atoms with Crippen molar-refractivity contribution < 1.29 is 37.5 Å². The van der Waals surface area contributed by atoms with Crippen LogP contribution >= 0.6 is 11.6 Å². The molecule has 1 fully saturated rings. The van der Waals surface area contributed by atoms with Crippen molar-refractivity contribution in [1.82, 2.24) is 10.8 Å². The number of alkyl halides is 2. The van der Waals surface area contributed by atoms with Gasteiger partial charge in [0, 0.05) is 18.4 Å². The number of guanidine groups is 1. The first-order chi connectivity index (χ1) is 20.6. The Morgan fingerprint density at radius 3 is 2.45 bits per heavy atom. The third-order valence-electron chi connectivity index (χ3n) is 6.67. The highest BCUT2D eigenvalue weighted by Gasteiger charge is 2.40. The molecular formula is C31H37ClF2N4O6. The predicted octanol–water partition coefficient (Wildman–Crippen LogP) is 6.08. The third-order valence-corrected chi connectivity index (χ3v) is 7.07. The number of halogens is 3. The molecule has 2 aromatic carbocycles. The van der Waals surface area contributed by atoms with E-state index in [2.05, 4.69) is 21.1 Å². The average molecular weight is 635 g/mol. The molecular weight excluding hydrogens is 598 g/mol. The number of methoxy groups -OCH3 is 1. The monoisotopic (exact) mass is 634 g/mol. The summed E-state index contributed by atoms with van der Waals surface area (Å²) in [4.78, 5) is 47.0. The van der Waals surface area contributed by atoms with Gasteiger partial charge in [0.05, 0.1) is 41.4 Å². The van der Waals surface area contributed by atoms with E-state index in [1.807, 2.05) is 30.3 Å². The van der Waals surface area contributed by atoms with Crippen molar-refractivity contribution in [3.05, 3.63) is 70.3 Å². The second-order valence-electron chi connectivity index (χ2n) is 11.6. The Hall–Kier alpha value is -3.99. The largest absolute Gasteiger partial charge is 0.469 e. The molecule has 2 unspecified atom stereocenters. The molecule has 238 valence electrons. The minimum absolute atomic E-state index is 0.0369. The first kappa shape index (κ1) is 34.5. The van der Waals surface area contributed by atoms with E-state index in [-0.39, 0.29) is 41.7 Å². The van der Waals surface area contributed by atoms with Gasteiger partial charge in [0.1, 0.15) is 12.5 Å². The standard InChI is InChI=1S/C31H37ClF2N4O6/c1-29(2,3)44-38-27(35-23-14-15-31(33,34)16-21(23)18-39)37-30(4,17-25(40)42-5)22-12-9-13-24(26(22)32)36-28(41)43-19-20-10-7-6-8-11-20/h6-13,23H,14-17,19H2,1-5H3,(H,36,41)(H2,35,37,38). The highest BCUT2D eigenvalue weighted by atomic mass is 35.5. The van der Waals surface area contributed by atoms with Crippen LogP contribution in [0.25, 0.3) is 0 Å². The SMILES string of the molecule is COC(=O)CC(C)(NC(=NC1CCC(F)(F)CC1=C=O)NOC(C)(C)C)c1cccc(NC(=O)OCc2ccccc2)c1Cl. The number of carbonyl (C=O) groups is 2. The summed E-state index contributed by atoms with van der Waals surface area (Å²) in [5.41, 5.74) is 1.81. The number of esters is 1. The van der Waals surface area contributed by atoms with Crippen LogP contribution in [0.2, 0.25) is 5.02 Å². The predicted molar refractivity (Wildman–Crippen MR) is 162 cm³/mol. The fourth-order valence-electron chi connectivity index (χ4n) is 4.45. The zero-order valence-electron chi connectivity index (χ0n) is 25.3. The van der Waals surface area contributed by atoms with Crippen molar-refractivity contribution in [1.29, 1.82) is 0 Å². The van der Waals surface area contributed by atoms with Gasteiger partial charge in [-0.05, 0) is 51.3 Å². The lowest BCUT2D eigenvalue weighted by Crippen LogP contribution is -2.52. The van der Waals surface area contributed by atoms with Crippen LogP contribution in [-0.2, 0) is 36.0 Å². The second-order valence-corrected chi connectivity index (χ2v) is 12.0. The number of benzene rings is 2. The van der Waals surface area contributed by atoms with Gasteiger partial charge in [-0.25, -0.2) is 28.8 Å². The molecule has 0 heterocycles. The molecule has 10 nitrogen and oxygen atoms in total. The third kappa shape index (κ3) is 10.0. The molecule has 3 N–H and O–H groups in total. The molecule has 1 aliphatic rings. The lowest BCUT2D eigenvalue weighted by atomic mass is 9.87. The molecule has 2 aromatic rings. The number of anilines is 1. The number of carbonyl (C=O) groups excluding carboxylic acids is 3. The minimum atomic E-state index is -3.04. The summed E-state index contributed by atoms with van der Waals surface area (Å²) in [6, 6.07) is 13.0. The second kappa shape index (κ2) is 14.7. The molecule has 13 heteroatoms. The molecule has 1 amide bonds. The van der Waals surface area contributed by atoms with Crippen molar-refractivity contribution in [2.24, 2.45) is 4.99 Å². The van der Waals surface area contributed by atoms with Gasteiger partial charge in [-0.1, -0.05) is 54.1 Å². The molecule has 0 spiro atoms. The molecule has 2 atom stereocenters. The van der Waals surface area contributed by atoms with E-state index in [4.69, 9.17) is 25.9 Å². The summed E-state index contributed by atoms with van der Waals surface area (Å²) in [6.45, 7) is 6.99. The summed E-state index contributed by atoms with van der Waals surface area (Å²) < 4.78 is 38.3. The van der Waals surface area contributed by atoms with Crippen LogP contribution < -0.4 is 16.1 Å². The number of amides is 1. The van der Waals surface area contributed by atoms with E-state index in [1.165, 1.54) is 7.11 Å². The minimum Gasteiger partial charge on any atom is -0.469 e. The van der Waals surface area contributed by atoms with Gasteiger partial charge in [-0.2, -0.15) is 0 Å². The number of aliphatic imine (C=N–C) groups is 1. The molecule has 0 aliphatic heterocycles. The Morgan fingerprint density at radius 1 is 1.11 bits per heavy atom. The first-order valence-electron chi connectivity index (χ1n) is 13.9. The summed E-state index contributed by atoms with van der Waals surface area (Å²) in [5, 5.41) is 5.83. The maximum absolute atomic E-state index is 14.0. The van der Waals surface area contributed by atoms with E-state index < -0.39 is 48.0 Å². The lowest BCUT2D eigenvalue weighted by molar-refractivity contribution is -0.142. The van der Waals surface area contributed by atoms with Crippen molar-refractivity contribution >= 4 is 41.3 Å². The number of hydroxylamine groups is 1. The highest BCUT2D eigenvalue weighted by molar-refractivity contribution is 6.34. The maximum Gasteiger partial charge on any atom is 0.412 e. The Bertz CT molecular complexity index is 1410. The van der Waals surface area contributed by atoms with Crippen LogP contribution in [0.5, 0.6) is 0 Å². The van der Waals surface area contributed by atoms with E-state index in [0.29, 0.717) is 5.56 Å². The fraction of sp³-hybridized carbons (Fsp3) is 0.452. The summed E-state index contributed by atoms with van der Waals surface area (Å²) in [7, 11) is 1.23. The van der Waals surface area contributed by atoms with E-state index in [9.17, 15) is 23.2 Å². The smallest absolute Gasteiger partial charge is 0.412 e. The number of nitrogens with one attached hydrogen (secondary N) is 3. The van der Waals surface area contributed by atoms with Crippen LogP contribution in [0.15, 0.2) is 59.1 Å². The zero-order valence-corrected chi connectivity index (χ0v) is 26.0. The van der Waals surface area contributed by atoms with Crippen LogP contribution in [0.4, 0.5) is 19.3 Å². The first-order valence-corrected chi connectivity index (χ1v) is 14.3.